The Bertz CT molecular complexity index is 488. The van der Waals surface area contributed by atoms with Gasteiger partial charge in [-0.3, -0.25) is 0 Å². The third-order valence-electron chi connectivity index (χ3n) is 3.54. The molecule has 2 amide bonds. The van der Waals surface area contributed by atoms with Crippen molar-refractivity contribution in [3.05, 3.63) is 29.8 Å². The summed E-state index contributed by atoms with van der Waals surface area (Å²) in [5, 5.41) is 11.9. The van der Waals surface area contributed by atoms with E-state index < -0.39 is 5.97 Å². The summed E-state index contributed by atoms with van der Waals surface area (Å²) >= 11 is 0. The third-order valence-corrected chi connectivity index (χ3v) is 3.54. The zero-order chi connectivity index (χ0) is 15.8. The zero-order valence-electron chi connectivity index (χ0n) is 12.9. The largest absolute Gasteiger partial charge is 0.478 e. The quantitative estimate of drug-likeness (QED) is 0.802. The highest BCUT2D eigenvalue weighted by Gasteiger charge is 2.20. The molecule has 0 aliphatic rings. The predicted octanol–water partition coefficient (Wildman–Crippen LogP) is 3.82. The molecule has 0 bridgehead atoms. The van der Waals surface area contributed by atoms with E-state index in [0.717, 1.165) is 19.3 Å². The molecule has 0 aliphatic carbocycles. The van der Waals surface area contributed by atoms with Crippen molar-refractivity contribution in [1.29, 1.82) is 0 Å². The van der Waals surface area contributed by atoms with Crippen molar-refractivity contribution in [2.24, 2.45) is 0 Å². The maximum Gasteiger partial charge on any atom is 0.337 e. The first-order chi connectivity index (χ1) is 10.0. The molecule has 1 rings (SSSR count). The van der Waals surface area contributed by atoms with Crippen molar-refractivity contribution in [3.8, 4) is 0 Å². The molecule has 0 radical (unpaired) electrons. The van der Waals surface area contributed by atoms with Gasteiger partial charge in [-0.25, -0.2) is 9.59 Å². The molecule has 0 spiro atoms. The molecule has 0 saturated heterocycles. The van der Waals surface area contributed by atoms with Gasteiger partial charge < -0.3 is 15.3 Å². The number of hydrogen-bond acceptors (Lipinski definition) is 2. The summed E-state index contributed by atoms with van der Waals surface area (Å²) in [6.07, 6.45) is 2.79. The Morgan fingerprint density at radius 1 is 1.29 bits per heavy atom. The van der Waals surface area contributed by atoms with E-state index in [4.69, 9.17) is 5.11 Å². The molecule has 1 aromatic rings. The summed E-state index contributed by atoms with van der Waals surface area (Å²) in [7, 11) is 0. The first-order valence-electron chi connectivity index (χ1n) is 7.41. The van der Waals surface area contributed by atoms with Gasteiger partial charge in [-0.15, -0.1) is 0 Å². The van der Waals surface area contributed by atoms with E-state index in [9.17, 15) is 9.59 Å². The van der Waals surface area contributed by atoms with E-state index >= 15 is 0 Å². The Kier molecular flexibility index (Phi) is 6.72. The molecule has 116 valence electrons. The molecule has 0 aliphatic heterocycles. The molecular weight excluding hydrogens is 268 g/mol. The van der Waals surface area contributed by atoms with E-state index in [1.807, 2.05) is 13.8 Å². The lowest BCUT2D eigenvalue weighted by molar-refractivity contribution is 0.0698. The summed E-state index contributed by atoms with van der Waals surface area (Å²) in [5.74, 6) is -1.05. The van der Waals surface area contributed by atoms with E-state index in [2.05, 4.69) is 12.2 Å². The van der Waals surface area contributed by atoms with Crippen LogP contribution in [-0.4, -0.2) is 34.6 Å². The number of unbranched alkanes of at least 4 members (excludes halogenated alkanes) is 1. The van der Waals surface area contributed by atoms with Crippen LogP contribution in [0.4, 0.5) is 10.5 Å². The number of para-hydroxylation sites is 1. The van der Waals surface area contributed by atoms with Crippen LogP contribution in [0.5, 0.6) is 0 Å². The maximum atomic E-state index is 12.4. The van der Waals surface area contributed by atoms with Crippen LogP contribution >= 0.6 is 0 Å². The van der Waals surface area contributed by atoms with Gasteiger partial charge in [0.1, 0.15) is 0 Å². The third kappa shape index (κ3) is 4.77. The molecule has 0 aromatic heterocycles. The Hall–Kier alpha value is -2.04. The van der Waals surface area contributed by atoms with E-state index in [0.29, 0.717) is 12.2 Å². The highest BCUT2D eigenvalue weighted by atomic mass is 16.4. The van der Waals surface area contributed by atoms with Crippen LogP contribution in [0.25, 0.3) is 0 Å². The average molecular weight is 292 g/mol. The van der Waals surface area contributed by atoms with E-state index in [-0.39, 0.29) is 17.6 Å². The number of benzene rings is 1. The standard InChI is InChI=1S/C16H24N2O3/c1-4-6-11-18(12(3)5-2)16(21)17-14-10-8-7-9-13(14)15(19)20/h7-10,12H,4-6,11H2,1-3H3,(H,17,21)(H,19,20). The lowest BCUT2D eigenvalue weighted by atomic mass is 10.1. The number of urea groups is 1. The first-order valence-corrected chi connectivity index (χ1v) is 7.41. The second-order valence-electron chi connectivity index (χ2n) is 5.09. The summed E-state index contributed by atoms with van der Waals surface area (Å²) in [4.78, 5) is 25.4. The first kappa shape index (κ1) is 17.0. The number of carbonyl (C=O) groups is 2. The Labute approximate surface area is 126 Å². The number of nitrogens with one attached hydrogen (secondary N) is 1. The number of carbonyl (C=O) groups excluding carboxylic acids is 1. The monoisotopic (exact) mass is 292 g/mol. The lowest BCUT2D eigenvalue weighted by Crippen LogP contribution is -2.42. The number of aromatic carboxylic acids is 1. The van der Waals surface area contributed by atoms with Crippen LogP contribution in [0.2, 0.25) is 0 Å². The van der Waals surface area contributed by atoms with Crippen LogP contribution in [0, 0.1) is 0 Å². The van der Waals surface area contributed by atoms with Crippen LogP contribution in [-0.2, 0) is 0 Å². The van der Waals surface area contributed by atoms with Crippen LogP contribution in [0.15, 0.2) is 24.3 Å². The second-order valence-corrected chi connectivity index (χ2v) is 5.09. The molecule has 1 atom stereocenters. The average Bonchev–Trinajstić information content (AvgIpc) is 2.47. The van der Waals surface area contributed by atoms with Gasteiger partial charge in [0, 0.05) is 12.6 Å². The van der Waals surface area contributed by atoms with Crippen LogP contribution < -0.4 is 5.32 Å². The topological polar surface area (TPSA) is 69.6 Å². The van der Waals surface area contributed by atoms with Crippen molar-refractivity contribution < 1.29 is 14.7 Å². The molecule has 2 N–H and O–H groups in total. The summed E-state index contributed by atoms with van der Waals surface area (Å²) in [6.45, 7) is 6.78. The Balaban J connectivity index is 2.88. The van der Waals surface area contributed by atoms with Crippen molar-refractivity contribution in [2.75, 3.05) is 11.9 Å². The van der Waals surface area contributed by atoms with Gasteiger partial charge in [0.15, 0.2) is 0 Å². The fraction of sp³-hybridized carbons (Fsp3) is 0.500. The summed E-state index contributed by atoms with van der Waals surface area (Å²) < 4.78 is 0. The number of anilines is 1. The molecule has 1 unspecified atom stereocenters. The molecule has 5 nitrogen and oxygen atoms in total. The highest BCUT2D eigenvalue weighted by Crippen LogP contribution is 2.17. The van der Waals surface area contributed by atoms with Crippen molar-refractivity contribution in [2.45, 2.75) is 46.1 Å². The van der Waals surface area contributed by atoms with Gasteiger partial charge in [0.05, 0.1) is 11.3 Å². The van der Waals surface area contributed by atoms with Crippen molar-refractivity contribution in [1.82, 2.24) is 4.90 Å². The van der Waals surface area contributed by atoms with E-state index in [1.54, 1.807) is 23.1 Å². The van der Waals surface area contributed by atoms with Gasteiger partial charge in [0.25, 0.3) is 0 Å². The highest BCUT2D eigenvalue weighted by molar-refractivity contribution is 6.00. The summed E-state index contributed by atoms with van der Waals surface area (Å²) in [5.41, 5.74) is 0.435. The number of carboxylic acid groups (broad SMARTS) is 1. The fourth-order valence-corrected chi connectivity index (χ4v) is 2.04. The van der Waals surface area contributed by atoms with Gasteiger partial charge in [-0.05, 0) is 31.9 Å². The molecule has 21 heavy (non-hydrogen) atoms. The number of nitrogens with zero attached hydrogens (tertiary/aromatic N) is 1. The predicted molar refractivity (Wildman–Crippen MR) is 83.8 cm³/mol. The lowest BCUT2D eigenvalue weighted by Gasteiger charge is -2.29. The minimum absolute atomic E-state index is 0.102. The SMILES string of the molecule is CCCCN(C(=O)Nc1ccccc1C(=O)O)C(C)CC. The molecule has 0 fully saturated rings. The van der Waals surface area contributed by atoms with Gasteiger partial charge in [0.2, 0.25) is 0 Å². The maximum absolute atomic E-state index is 12.4. The van der Waals surface area contributed by atoms with Gasteiger partial charge in [-0.1, -0.05) is 32.4 Å². The summed E-state index contributed by atoms with van der Waals surface area (Å²) in [6, 6.07) is 6.32. The Morgan fingerprint density at radius 3 is 2.52 bits per heavy atom. The molecule has 0 saturated carbocycles. The van der Waals surface area contributed by atoms with Crippen LogP contribution in [0.1, 0.15) is 50.4 Å². The fourth-order valence-electron chi connectivity index (χ4n) is 2.04. The normalized spacial score (nSPS) is 11.8. The van der Waals surface area contributed by atoms with Crippen molar-refractivity contribution >= 4 is 17.7 Å². The molecule has 0 heterocycles. The number of amides is 2. The molecule has 5 heteroatoms. The minimum atomic E-state index is -1.05. The zero-order valence-corrected chi connectivity index (χ0v) is 12.9. The van der Waals surface area contributed by atoms with E-state index in [1.165, 1.54) is 6.07 Å². The minimum Gasteiger partial charge on any atom is -0.478 e. The Morgan fingerprint density at radius 2 is 1.95 bits per heavy atom. The number of hydrogen-bond donors (Lipinski definition) is 2. The van der Waals surface area contributed by atoms with Crippen molar-refractivity contribution in [3.63, 3.8) is 0 Å². The van der Waals surface area contributed by atoms with Gasteiger partial charge in [-0.2, -0.15) is 0 Å². The van der Waals surface area contributed by atoms with Gasteiger partial charge >= 0.3 is 12.0 Å². The number of carboxylic acids is 1. The molecule has 1 aromatic carbocycles. The molecular formula is C16H24N2O3. The second kappa shape index (κ2) is 8.29. The smallest absolute Gasteiger partial charge is 0.337 e. The number of rotatable bonds is 7. The van der Waals surface area contributed by atoms with Crippen LogP contribution in [0.3, 0.4) is 0 Å².